The van der Waals surface area contributed by atoms with Gasteiger partial charge in [-0.1, -0.05) is 0 Å². The quantitative estimate of drug-likeness (QED) is 0.783. The molecule has 3 nitrogen and oxygen atoms in total. The molecule has 16 heavy (non-hydrogen) atoms. The SMILES string of the molecule is COCC1CC(C2CCN(C(C)C)C2)CN1. The summed E-state index contributed by atoms with van der Waals surface area (Å²) in [5.41, 5.74) is 0. The van der Waals surface area contributed by atoms with E-state index in [9.17, 15) is 0 Å². The zero-order valence-electron chi connectivity index (χ0n) is 10.9. The Morgan fingerprint density at radius 1 is 1.38 bits per heavy atom. The van der Waals surface area contributed by atoms with Crippen LogP contribution in [0.3, 0.4) is 0 Å². The molecule has 2 fully saturated rings. The van der Waals surface area contributed by atoms with Crippen molar-refractivity contribution >= 4 is 0 Å². The largest absolute Gasteiger partial charge is 0.383 e. The van der Waals surface area contributed by atoms with Crippen LogP contribution in [-0.2, 0) is 4.74 Å². The lowest BCUT2D eigenvalue weighted by molar-refractivity contribution is 0.170. The second kappa shape index (κ2) is 5.48. The van der Waals surface area contributed by atoms with Gasteiger partial charge in [0.05, 0.1) is 6.61 Å². The summed E-state index contributed by atoms with van der Waals surface area (Å²) >= 11 is 0. The average Bonchev–Trinajstić information content (AvgIpc) is 2.84. The first-order valence-corrected chi connectivity index (χ1v) is 6.67. The Morgan fingerprint density at radius 2 is 2.19 bits per heavy atom. The molecule has 3 unspecified atom stereocenters. The Hall–Kier alpha value is -0.120. The molecular weight excluding hydrogens is 200 g/mol. The highest BCUT2D eigenvalue weighted by molar-refractivity contribution is 4.90. The standard InChI is InChI=1S/C13H26N2O/c1-10(2)15-5-4-11(8-15)12-6-13(9-16-3)14-7-12/h10-14H,4-9H2,1-3H3. The van der Waals surface area contributed by atoms with E-state index in [1.165, 1.54) is 32.5 Å². The lowest BCUT2D eigenvalue weighted by Crippen LogP contribution is -2.29. The first-order chi connectivity index (χ1) is 7.70. The molecule has 3 heteroatoms. The van der Waals surface area contributed by atoms with Crippen LogP contribution in [0.25, 0.3) is 0 Å². The van der Waals surface area contributed by atoms with E-state index in [1.54, 1.807) is 7.11 Å². The molecule has 0 aromatic rings. The molecule has 0 saturated carbocycles. The monoisotopic (exact) mass is 226 g/mol. The minimum absolute atomic E-state index is 0.600. The Labute approximate surface area is 99.5 Å². The summed E-state index contributed by atoms with van der Waals surface area (Å²) in [5, 5.41) is 3.59. The maximum absolute atomic E-state index is 5.22. The topological polar surface area (TPSA) is 24.5 Å². The van der Waals surface area contributed by atoms with E-state index < -0.39 is 0 Å². The fourth-order valence-electron chi connectivity index (χ4n) is 3.21. The molecule has 94 valence electrons. The molecule has 0 spiro atoms. The van der Waals surface area contributed by atoms with E-state index in [4.69, 9.17) is 4.74 Å². The normalized spacial score (nSPS) is 36.4. The number of nitrogens with zero attached hydrogens (tertiary/aromatic N) is 1. The minimum Gasteiger partial charge on any atom is -0.383 e. The van der Waals surface area contributed by atoms with E-state index >= 15 is 0 Å². The van der Waals surface area contributed by atoms with Crippen molar-refractivity contribution in [3.63, 3.8) is 0 Å². The van der Waals surface area contributed by atoms with Gasteiger partial charge in [0.1, 0.15) is 0 Å². The fraction of sp³-hybridized carbons (Fsp3) is 1.00. The third kappa shape index (κ3) is 2.76. The number of nitrogens with one attached hydrogen (secondary N) is 1. The third-order valence-corrected chi connectivity index (χ3v) is 4.28. The van der Waals surface area contributed by atoms with Crippen LogP contribution in [0.2, 0.25) is 0 Å². The van der Waals surface area contributed by atoms with Crippen LogP contribution in [0.4, 0.5) is 0 Å². The molecular formula is C13H26N2O. The van der Waals surface area contributed by atoms with Gasteiger partial charge < -0.3 is 15.0 Å². The van der Waals surface area contributed by atoms with Gasteiger partial charge in [0, 0.05) is 25.7 Å². The number of hydrogen-bond acceptors (Lipinski definition) is 3. The van der Waals surface area contributed by atoms with Gasteiger partial charge in [-0.15, -0.1) is 0 Å². The van der Waals surface area contributed by atoms with Crippen molar-refractivity contribution in [3.8, 4) is 0 Å². The Balaban J connectivity index is 1.78. The van der Waals surface area contributed by atoms with Crippen LogP contribution >= 0.6 is 0 Å². The van der Waals surface area contributed by atoms with Gasteiger partial charge in [0.15, 0.2) is 0 Å². The van der Waals surface area contributed by atoms with Crippen LogP contribution in [0.1, 0.15) is 26.7 Å². The van der Waals surface area contributed by atoms with Gasteiger partial charge in [0.2, 0.25) is 0 Å². The van der Waals surface area contributed by atoms with Crippen LogP contribution in [0, 0.1) is 11.8 Å². The van der Waals surface area contributed by atoms with Crippen LogP contribution in [0.15, 0.2) is 0 Å². The zero-order valence-corrected chi connectivity index (χ0v) is 10.9. The molecule has 2 rings (SSSR count). The second-order valence-electron chi connectivity index (χ2n) is 5.69. The third-order valence-electron chi connectivity index (χ3n) is 4.28. The van der Waals surface area contributed by atoms with Gasteiger partial charge in [-0.05, 0) is 51.6 Å². The Kier molecular flexibility index (Phi) is 4.22. The number of ether oxygens (including phenoxy) is 1. The molecule has 0 bridgehead atoms. The van der Waals surface area contributed by atoms with Crippen LogP contribution < -0.4 is 5.32 Å². The summed E-state index contributed by atoms with van der Waals surface area (Å²) in [4.78, 5) is 2.62. The predicted molar refractivity (Wildman–Crippen MR) is 66.6 cm³/mol. The van der Waals surface area contributed by atoms with E-state index in [-0.39, 0.29) is 0 Å². The number of likely N-dealkylation sites (tertiary alicyclic amines) is 1. The molecule has 2 saturated heterocycles. The van der Waals surface area contributed by atoms with Crippen molar-refractivity contribution in [1.29, 1.82) is 0 Å². The van der Waals surface area contributed by atoms with Gasteiger partial charge in [0.25, 0.3) is 0 Å². The summed E-state index contributed by atoms with van der Waals surface area (Å²) in [6, 6.07) is 1.32. The number of methoxy groups -OCH3 is 1. The first kappa shape index (κ1) is 12.3. The highest BCUT2D eigenvalue weighted by Gasteiger charge is 2.34. The molecule has 0 aromatic carbocycles. The molecule has 2 aliphatic rings. The Morgan fingerprint density at radius 3 is 2.81 bits per heavy atom. The summed E-state index contributed by atoms with van der Waals surface area (Å²) in [6.07, 6.45) is 2.70. The number of rotatable bonds is 4. The average molecular weight is 226 g/mol. The molecule has 0 aliphatic carbocycles. The van der Waals surface area contributed by atoms with Crippen molar-refractivity contribution in [2.45, 2.75) is 38.8 Å². The van der Waals surface area contributed by atoms with Crippen molar-refractivity contribution in [3.05, 3.63) is 0 Å². The highest BCUT2D eigenvalue weighted by atomic mass is 16.5. The van der Waals surface area contributed by atoms with Crippen molar-refractivity contribution < 1.29 is 4.74 Å². The first-order valence-electron chi connectivity index (χ1n) is 6.67. The molecule has 2 aliphatic heterocycles. The predicted octanol–water partition coefficient (Wildman–Crippen LogP) is 1.34. The van der Waals surface area contributed by atoms with Crippen molar-refractivity contribution in [1.82, 2.24) is 10.2 Å². The van der Waals surface area contributed by atoms with Crippen LogP contribution in [-0.4, -0.2) is 50.3 Å². The summed E-state index contributed by atoms with van der Waals surface area (Å²) in [7, 11) is 1.80. The van der Waals surface area contributed by atoms with Gasteiger partial charge >= 0.3 is 0 Å². The van der Waals surface area contributed by atoms with Gasteiger partial charge in [-0.25, -0.2) is 0 Å². The lowest BCUT2D eigenvalue weighted by Gasteiger charge is -2.22. The van der Waals surface area contributed by atoms with E-state index in [0.717, 1.165) is 18.4 Å². The summed E-state index contributed by atoms with van der Waals surface area (Å²) < 4.78 is 5.22. The van der Waals surface area contributed by atoms with E-state index in [2.05, 4.69) is 24.1 Å². The smallest absolute Gasteiger partial charge is 0.0615 e. The highest BCUT2D eigenvalue weighted by Crippen LogP contribution is 2.31. The number of hydrogen-bond donors (Lipinski definition) is 1. The second-order valence-corrected chi connectivity index (χ2v) is 5.69. The van der Waals surface area contributed by atoms with Crippen molar-refractivity contribution in [2.24, 2.45) is 11.8 Å². The molecule has 3 atom stereocenters. The van der Waals surface area contributed by atoms with Gasteiger partial charge in [-0.2, -0.15) is 0 Å². The van der Waals surface area contributed by atoms with E-state index in [1.807, 2.05) is 0 Å². The van der Waals surface area contributed by atoms with E-state index in [0.29, 0.717) is 12.1 Å². The van der Waals surface area contributed by atoms with Crippen LogP contribution in [0.5, 0.6) is 0 Å². The maximum Gasteiger partial charge on any atom is 0.0615 e. The Bertz CT molecular complexity index is 220. The molecule has 1 N–H and O–H groups in total. The summed E-state index contributed by atoms with van der Waals surface area (Å²) in [6.45, 7) is 9.30. The molecule has 0 aromatic heterocycles. The summed E-state index contributed by atoms with van der Waals surface area (Å²) in [5.74, 6) is 1.79. The van der Waals surface area contributed by atoms with Gasteiger partial charge in [-0.3, -0.25) is 0 Å². The molecule has 0 amide bonds. The minimum atomic E-state index is 0.600. The molecule has 0 radical (unpaired) electrons. The molecule has 2 heterocycles. The lowest BCUT2D eigenvalue weighted by atomic mass is 9.89. The van der Waals surface area contributed by atoms with Crippen molar-refractivity contribution in [2.75, 3.05) is 33.4 Å². The fourth-order valence-corrected chi connectivity index (χ4v) is 3.21. The zero-order chi connectivity index (χ0) is 11.5. The maximum atomic E-state index is 5.22.